The van der Waals surface area contributed by atoms with Crippen LogP contribution in [0.4, 0.5) is 16.3 Å². The van der Waals surface area contributed by atoms with Crippen LogP contribution < -0.4 is 20.3 Å². The van der Waals surface area contributed by atoms with E-state index in [1.165, 1.54) is 32.1 Å². The lowest BCUT2D eigenvalue weighted by Gasteiger charge is -2.28. The van der Waals surface area contributed by atoms with Crippen LogP contribution >= 0.6 is 0 Å². The van der Waals surface area contributed by atoms with Gasteiger partial charge in [0.15, 0.2) is 0 Å². The summed E-state index contributed by atoms with van der Waals surface area (Å²) in [5.74, 6) is 1.82. The molecule has 0 bridgehead atoms. The molecule has 166 valence electrons. The van der Waals surface area contributed by atoms with Gasteiger partial charge in [-0.1, -0.05) is 12.1 Å². The lowest BCUT2D eigenvalue weighted by atomic mass is 10.1. The van der Waals surface area contributed by atoms with Gasteiger partial charge in [0, 0.05) is 19.6 Å². The number of hydrogen-bond acceptors (Lipinski definition) is 5. The lowest BCUT2D eigenvalue weighted by molar-refractivity contribution is 0.227. The summed E-state index contributed by atoms with van der Waals surface area (Å²) < 4.78 is 5.40. The Kier molecular flexibility index (Phi) is 7.25. The third kappa shape index (κ3) is 5.67. The molecule has 0 aliphatic carbocycles. The van der Waals surface area contributed by atoms with Crippen LogP contribution in [0.5, 0.6) is 5.75 Å². The van der Waals surface area contributed by atoms with Gasteiger partial charge in [-0.2, -0.15) is 0 Å². The number of ether oxygens (including phenoxy) is 1. The van der Waals surface area contributed by atoms with E-state index in [1.54, 1.807) is 13.3 Å². The number of rotatable bonds is 7. The van der Waals surface area contributed by atoms with Crippen LogP contribution in [0.25, 0.3) is 0 Å². The van der Waals surface area contributed by atoms with Crippen molar-refractivity contribution in [2.45, 2.75) is 38.1 Å². The summed E-state index contributed by atoms with van der Waals surface area (Å²) in [6.07, 6.45) is 7.86. The van der Waals surface area contributed by atoms with E-state index in [2.05, 4.69) is 37.6 Å². The van der Waals surface area contributed by atoms with Crippen LogP contribution in [0.1, 0.15) is 43.7 Å². The van der Waals surface area contributed by atoms with Gasteiger partial charge in [0.2, 0.25) is 0 Å². The van der Waals surface area contributed by atoms with Crippen molar-refractivity contribution in [3.63, 3.8) is 0 Å². The highest BCUT2D eigenvalue weighted by Crippen LogP contribution is 2.27. The van der Waals surface area contributed by atoms with E-state index in [0.717, 1.165) is 43.3 Å². The average molecular weight is 424 g/mol. The number of likely N-dealkylation sites (tertiary alicyclic amines) is 1. The first kappa shape index (κ1) is 21.4. The number of anilines is 2. The Bertz CT molecular complexity index is 845. The predicted octanol–water partition coefficient (Wildman–Crippen LogP) is 4.04. The van der Waals surface area contributed by atoms with Gasteiger partial charge in [0.1, 0.15) is 11.6 Å². The zero-order valence-corrected chi connectivity index (χ0v) is 18.3. The van der Waals surface area contributed by atoms with E-state index >= 15 is 0 Å². The van der Waals surface area contributed by atoms with Gasteiger partial charge in [-0.3, -0.25) is 4.90 Å². The highest BCUT2D eigenvalue weighted by molar-refractivity contribution is 5.89. The first-order chi connectivity index (χ1) is 15.2. The fourth-order valence-electron chi connectivity index (χ4n) is 4.49. The Morgan fingerprint density at radius 3 is 2.55 bits per heavy atom. The second kappa shape index (κ2) is 10.5. The molecule has 0 radical (unpaired) electrons. The third-order valence-electron chi connectivity index (χ3n) is 6.20. The molecule has 0 spiro atoms. The summed E-state index contributed by atoms with van der Waals surface area (Å²) in [4.78, 5) is 21.9. The fourth-order valence-corrected chi connectivity index (χ4v) is 4.49. The number of carbonyl (C=O) groups is 1. The highest BCUT2D eigenvalue weighted by atomic mass is 16.5. The van der Waals surface area contributed by atoms with Gasteiger partial charge in [0.25, 0.3) is 0 Å². The van der Waals surface area contributed by atoms with Gasteiger partial charge in [-0.05, 0) is 75.0 Å². The molecular formula is C24H33N5O2. The number of benzene rings is 1. The van der Waals surface area contributed by atoms with E-state index in [-0.39, 0.29) is 12.1 Å². The van der Waals surface area contributed by atoms with Crippen LogP contribution in [-0.2, 0) is 0 Å². The first-order valence-corrected chi connectivity index (χ1v) is 11.4. The monoisotopic (exact) mass is 423 g/mol. The molecule has 7 heteroatoms. The number of nitrogens with zero attached hydrogens (tertiary/aromatic N) is 3. The summed E-state index contributed by atoms with van der Waals surface area (Å²) in [6.45, 7) is 4.75. The molecule has 2 aliphatic rings. The quantitative estimate of drug-likeness (QED) is 0.703. The fraction of sp³-hybridized carbons (Fsp3) is 0.500. The maximum atomic E-state index is 12.6. The Balaban J connectivity index is 1.35. The Labute approximate surface area is 184 Å². The van der Waals surface area contributed by atoms with Gasteiger partial charge in [-0.25, -0.2) is 9.78 Å². The lowest BCUT2D eigenvalue weighted by Crippen LogP contribution is -2.38. The molecule has 2 N–H and O–H groups in total. The molecule has 0 saturated carbocycles. The summed E-state index contributed by atoms with van der Waals surface area (Å²) >= 11 is 0. The molecule has 31 heavy (non-hydrogen) atoms. The number of urea groups is 1. The Hall–Kier alpha value is -2.80. The molecule has 1 unspecified atom stereocenters. The minimum absolute atomic E-state index is 0.128. The molecule has 2 aliphatic heterocycles. The minimum atomic E-state index is -0.209. The average Bonchev–Trinajstić information content (AvgIpc) is 3.35. The van der Waals surface area contributed by atoms with E-state index in [4.69, 9.17) is 4.74 Å². The zero-order valence-electron chi connectivity index (χ0n) is 18.3. The Morgan fingerprint density at radius 2 is 1.84 bits per heavy atom. The summed E-state index contributed by atoms with van der Waals surface area (Å²) in [7, 11) is 1.68. The van der Waals surface area contributed by atoms with Gasteiger partial charge in [0.05, 0.1) is 25.0 Å². The van der Waals surface area contributed by atoms with E-state index in [0.29, 0.717) is 12.2 Å². The van der Waals surface area contributed by atoms with Crippen molar-refractivity contribution in [3.05, 3.63) is 48.2 Å². The number of nitrogens with one attached hydrogen (secondary N) is 2. The largest absolute Gasteiger partial charge is 0.497 e. The maximum Gasteiger partial charge on any atom is 0.319 e. The van der Waals surface area contributed by atoms with Crippen molar-refractivity contribution in [1.82, 2.24) is 15.2 Å². The molecular weight excluding hydrogens is 390 g/mol. The number of amides is 2. The zero-order chi connectivity index (χ0) is 21.5. The van der Waals surface area contributed by atoms with Crippen molar-refractivity contribution in [2.24, 2.45) is 0 Å². The number of carbonyl (C=O) groups excluding carboxylic acids is 1. The third-order valence-corrected chi connectivity index (χ3v) is 6.20. The van der Waals surface area contributed by atoms with Crippen molar-refractivity contribution in [3.8, 4) is 5.75 Å². The van der Waals surface area contributed by atoms with Crippen LogP contribution in [0.15, 0.2) is 42.6 Å². The van der Waals surface area contributed by atoms with Crippen LogP contribution in [0, 0.1) is 0 Å². The second-order valence-electron chi connectivity index (χ2n) is 8.32. The molecule has 2 fully saturated rings. The molecule has 2 amide bonds. The highest BCUT2D eigenvalue weighted by Gasteiger charge is 2.24. The molecule has 2 saturated heterocycles. The molecule has 1 aromatic heterocycles. The van der Waals surface area contributed by atoms with Gasteiger partial charge < -0.3 is 20.3 Å². The molecule has 1 aromatic carbocycles. The smallest absolute Gasteiger partial charge is 0.319 e. The van der Waals surface area contributed by atoms with E-state index < -0.39 is 0 Å². The van der Waals surface area contributed by atoms with Crippen molar-refractivity contribution >= 4 is 17.5 Å². The van der Waals surface area contributed by atoms with Gasteiger partial charge >= 0.3 is 6.03 Å². The molecule has 1 atom stereocenters. The van der Waals surface area contributed by atoms with E-state index in [1.807, 2.05) is 24.3 Å². The molecule has 3 heterocycles. The summed E-state index contributed by atoms with van der Waals surface area (Å²) in [6, 6.07) is 12.0. The minimum Gasteiger partial charge on any atom is -0.497 e. The molecule has 2 aromatic rings. The van der Waals surface area contributed by atoms with E-state index in [9.17, 15) is 4.79 Å². The maximum absolute atomic E-state index is 12.6. The summed E-state index contributed by atoms with van der Waals surface area (Å²) in [5.41, 5.74) is 1.87. The van der Waals surface area contributed by atoms with Crippen molar-refractivity contribution in [1.29, 1.82) is 0 Å². The predicted molar refractivity (Wildman–Crippen MR) is 124 cm³/mol. The topological polar surface area (TPSA) is 69.7 Å². The van der Waals surface area contributed by atoms with Crippen LogP contribution in [0.3, 0.4) is 0 Å². The second-order valence-corrected chi connectivity index (χ2v) is 8.32. The van der Waals surface area contributed by atoms with Crippen molar-refractivity contribution in [2.75, 3.05) is 50.1 Å². The standard InChI is InChI=1S/C24H33N5O2/c1-31-21-9-7-8-19(16-21)22(28-12-5-6-13-28)18-26-24(30)27-20-10-11-23(25-17-20)29-14-3-2-4-15-29/h7-11,16-17,22H,2-6,12-15,18H2,1H3,(H2,26,27,30). The Morgan fingerprint density at radius 1 is 1.06 bits per heavy atom. The summed E-state index contributed by atoms with van der Waals surface area (Å²) in [5, 5.41) is 5.97. The molecule has 4 rings (SSSR count). The number of methoxy groups -OCH3 is 1. The van der Waals surface area contributed by atoms with Crippen LogP contribution in [0.2, 0.25) is 0 Å². The van der Waals surface area contributed by atoms with Crippen LogP contribution in [-0.4, -0.2) is 55.7 Å². The SMILES string of the molecule is COc1cccc(C(CNC(=O)Nc2ccc(N3CCCCC3)nc2)N2CCCC2)c1. The number of piperidine rings is 1. The number of pyridine rings is 1. The normalized spacial score (nSPS) is 17.9. The van der Waals surface area contributed by atoms with Crippen molar-refractivity contribution < 1.29 is 9.53 Å². The first-order valence-electron chi connectivity index (χ1n) is 11.4. The number of hydrogen-bond donors (Lipinski definition) is 2. The number of aromatic nitrogens is 1. The molecule has 7 nitrogen and oxygen atoms in total. The van der Waals surface area contributed by atoms with Gasteiger partial charge in [-0.15, -0.1) is 0 Å².